The number of carboxylic acid groups (broad SMARTS) is 1. The van der Waals surface area contributed by atoms with Crippen LogP contribution in [0.15, 0.2) is 12.1 Å². The van der Waals surface area contributed by atoms with Crippen molar-refractivity contribution in [1.82, 2.24) is 0 Å². The highest BCUT2D eigenvalue weighted by molar-refractivity contribution is 5.90. The summed E-state index contributed by atoms with van der Waals surface area (Å²) in [4.78, 5) is 21.0. The number of hydrogen-bond acceptors (Lipinski definition) is 4. The Morgan fingerprint density at radius 2 is 2.05 bits per heavy atom. The van der Waals surface area contributed by atoms with Crippen LogP contribution in [0.3, 0.4) is 0 Å². The van der Waals surface area contributed by atoms with Gasteiger partial charge in [-0.15, -0.1) is 0 Å². The number of benzene rings is 1. The van der Waals surface area contributed by atoms with Crippen LogP contribution in [0, 0.1) is 17.0 Å². The van der Waals surface area contributed by atoms with Gasteiger partial charge in [-0.05, 0) is 19.9 Å². The number of nitrogens with zero attached hydrogens (tertiary/aromatic N) is 1. The fourth-order valence-corrected chi connectivity index (χ4v) is 1.83. The molecule has 1 unspecified atom stereocenters. The molecule has 0 saturated heterocycles. The van der Waals surface area contributed by atoms with E-state index < -0.39 is 35.2 Å². The van der Waals surface area contributed by atoms with Gasteiger partial charge in [-0.1, -0.05) is 0 Å². The highest BCUT2D eigenvalue weighted by atomic mass is 19.4. The van der Waals surface area contributed by atoms with E-state index >= 15 is 0 Å². The SMILES string of the molecule is Cc1c(NC(C)CC(F)(F)F)cc(C(=O)O)cc1[N+](=O)[O-]. The first-order valence-corrected chi connectivity index (χ1v) is 5.87. The summed E-state index contributed by atoms with van der Waals surface area (Å²) in [5, 5.41) is 22.2. The van der Waals surface area contributed by atoms with Crippen molar-refractivity contribution in [2.75, 3.05) is 5.32 Å². The zero-order valence-corrected chi connectivity index (χ0v) is 11.2. The van der Waals surface area contributed by atoms with Crippen LogP contribution in [0.4, 0.5) is 24.5 Å². The fraction of sp³-hybridized carbons (Fsp3) is 0.417. The van der Waals surface area contributed by atoms with Crippen LogP contribution in [0.1, 0.15) is 29.3 Å². The molecule has 0 fully saturated rings. The maximum atomic E-state index is 12.3. The number of anilines is 1. The third kappa shape index (κ3) is 4.62. The van der Waals surface area contributed by atoms with E-state index in [2.05, 4.69) is 5.32 Å². The standard InChI is InChI=1S/C12H13F3N2O4/c1-6(5-12(13,14)15)16-9-3-8(11(18)19)4-10(7(9)2)17(20)21/h3-4,6,16H,5H2,1-2H3,(H,18,19). The van der Waals surface area contributed by atoms with Gasteiger partial charge in [-0.25, -0.2) is 4.79 Å². The van der Waals surface area contributed by atoms with Crippen LogP contribution >= 0.6 is 0 Å². The Kier molecular flexibility index (Phi) is 4.77. The van der Waals surface area contributed by atoms with Crippen LogP contribution in [0.25, 0.3) is 0 Å². The third-order valence-corrected chi connectivity index (χ3v) is 2.76. The van der Waals surface area contributed by atoms with Gasteiger partial charge < -0.3 is 10.4 Å². The van der Waals surface area contributed by atoms with Crippen molar-refractivity contribution >= 4 is 17.3 Å². The lowest BCUT2D eigenvalue weighted by Crippen LogP contribution is -2.24. The van der Waals surface area contributed by atoms with Crippen molar-refractivity contribution in [3.05, 3.63) is 33.4 Å². The monoisotopic (exact) mass is 306 g/mol. The molecule has 0 saturated carbocycles. The van der Waals surface area contributed by atoms with E-state index in [1.54, 1.807) is 0 Å². The predicted molar refractivity (Wildman–Crippen MR) is 68.5 cm³/mol. The maximum absolute atomic E-state index is 12.3. The molecule has 1 atom stereocenters. The molecule has 0 bridgehead atoms. The van der Waals surface area contributed by atoms with E-state index in [1.807, 2.05) is 0 Å². The summed E-state index contributed by atoms with van der Waals surface area (Å²) >= 11 is 0. The Bertz CT molecular complexity index is 572. The molecule has 0 heterocycles. The number of carboxylic acids is 1. The predicted octanol–water partition coefficient (Wildman–Crippen LogP) is 3.35. The number of rotatable bonds is 5. The molecule has 0 aliphatic heterocycles. The molecule has 116 valence electrons. The number of nitrogens with one attached hydrogen (secondary N) is 1. The first-order chi connectivity index (χ1) is 9.51. The molecule has 21 heavy (non-hydrogen) atoms. The number of hydrogen-bond donors (Lipinski definition) is 2. The molecule has 1 rings (SSSR count). The minimum Gasteiger partial charge on any atom is -0.478 e. The summed E-state index contributed by atoms with van der Waals surface area (Å²) < 4.78 is 36.8. The fourth-order valence-electron chi connectivity index (χ4n) is 1.83. The van der Waals surface area contributed by atoms with Gasteiger partial charge in [0, 0.05) is 23.4 Å². The Hall–Kier alpha value is -2.32. The lowest BCUT2D eigenvalue weighted by molar-refractivity contribution is -0.385. The average molecular weight is 306 g/mol. The van der Waals surface area contributed by atoms with Crippen molar-refractivity contribution in [2.24, 2.45) is 0 Å². The third-order valence-electron chi connectivity index (χ3n) is 2.76. The van der Waals surface area contributed by atoms with Gasteiger partial charge in [0.2, 0.25) is 0 Å². The van der Waals surface area contributed by atoms with E-state index in [1.165, 1.54) is 13.8 Å². The molecule has 9 heteroatoms. The average Bonchev–Trinajstić information content (AvgIpc) is 2.28. The summed E-state index contributed by atoms with van der Waals surface area (Å²) in [6.45, 7) is 2.60. The second kappa shape index (κ2) is 5.98. The quantitative estimate of drug-likeness (QED) is 0.643. The van der Waals surface area contributed by atoms with E-state index in [0.29, 0.717) is 0 Å². The van der Waals surface area contributed by atoms with Crippen molar-refractivity contribution < 1.29 is 28.0 Å². The zero-order chi connectivity index (χ0) is 16.4. The molecule has 1 aromatic rings. The van der Waals surface area contributed by atoms with Gasteiger partial charge in [0.25, 0.3) is 5.69 Å². The van der Waals surface area contributed by atoms with Gasteiger partial charge in [-0.3, -0.25) is 10.1 Å². The zero-order valence-electron chi connectivity index (χ0n) is 11.2. The lowest BCUT2D eigenvalue weighted by Gasteiger charge is -2.18. The summed E-state index contributed by atoms with van der Waals surface area (Å²) in [7, 11) is 0. The second-order valence-corrected chi connectivity index (χ2v) is 4.59. The van der Waals surface area contributed by atoms with Crippen LogP contribution in [-0.2, 0) is 0 Å². The van der Waals surface area contributed by atoms with Crippen molar-refractivity contribution in [2.45, 2.75) is 32.5 Å². The number of halogens is 3. The van der Waals surface area contributed by atoms with E-state index in [0.717, 1.165) is 12.1 Å². The van der Waals surface area contributed by atoms with Crippen LogP contribution in [-0.4, -0.2) is 28.2 Å². The van der Waals surface area contributed by atoms with Crippen molar-refractivity contribution in [3.63, 3.8) is 0 Å². The second-order valence-electron chi connectivity index (χ2n) is 4.59. The number of nitro benzene ring substituents is 1. The van der Waals surface area contributed by atoms with Crippen LogP contribution in [0.2, 0.25) is 0 Å². The highest BCUT2D eigenvalue weighted by Gasteiger charge is 2.30. The molecule has 0 aliphatic carbocycles. The van der Waals surface area contributed by atoms with Gasteiger partial charge >= 0.3 is 12.1 Å². The molecule has 0 spiro atoms. The molecule has 0 amide bonds. The minimum absolute atomic E-state index is 0.00153. The summed E-state index contributed by atoms with van der Waals surface area (Å²) in [6.07, 6.45) is -5.53. The van der Waals surface area contributed by atoms with E-state index in [4.69, 9.17) is 5.11 Å². The minimum atomic E-state index is -4.39. The molecular weight excluding hydrogens is 293 g/mol. The molecule has 6 nitrogen and oxygen atoms in total. The number of alkyl halides is 3. The molecular formula is C12H13F3N2O4. The van der Waals surface area contributed by atoms with Gasteiger partial charge in [0.05, 0.1) is 16.9 Å². The molecule has 0 aliphatic rings. The number of aromatic carboxylic acids is 1. The normalized spacial score (nSPS) is 12.8. The smallest absolute Gasteiger partial charge is 0.391 e. The van der Waals surface area contributed by atoms with Gasteiger partial charge in [0.1, 0.15) is 0 Å². The Balaban J connectivity index is 3.16. The lowest BCUT2D eigenvalue weighted by atomic mass is 10.1. The van der Waals surface area contributed by atoms with Crippen molar-refractivity contribution in [3.8, 4) is 0 Å². The largest absolute Gasteiger partial charge is 0.478 e. The van der Waals surface area contributed by atoms with Crippen LogP contribution < -0.4 is 5.32 Å². The first kappa shape index (κ1) is 16.7. The summed E-state index contributed by atoms with van der Waals surface area (Å²) in [5.74, 6) is -1.40. The molecule has 2 N–H and O–H groups in total. The summed E-state index contributed by atoms with van der Waals surface area (Å²) in [6, 6.07) is 0.904. The van der Waals surface area contributed by atoms with Crippen LogP contribution in [0.5, 0.6) is 0 Å². The number of carbonyl (C=O) groups is 1. The number of nitro groups is 1. The molecule has 1 aromatic carbocycles. The van der Waals surface area contributed by atoms with Gasteiger partial charge in [0.15, 0.2) is 0 Å². The first-order valence-electron chi connectivity index (χ1n) is 5.87. The molecule has 0 aromatic heterocycles. The Morgan fingerprint density at radius 3 is 2.48 bits per heavy atom. The summed E-state index contributed by atoms with van der Waals surface area (Å²) in [5.41, 5.74) is -0.747. The topological polar surface area (TPSA) is 92.5 Å². The Labute approximate surface area is 117 Å². The van der Waals surface area contributed by atoms with Crippen molar-refractivity contribution in [1.29, 1.82) is 0 Å². The van der Waals surface area contributed by atoms with Gasteiger partial charge in [-0.2, -0.15) is 13.2 Å². The Morgan fingerprint density at radius 1 is 1.48 bits per heavy atom. The van der Waals surface area contributed by atoms with E-state index in [9.17, 15) is 28.1 Å². The highest BCUT2D eigenvalue weighted by Crippen LogP contribution is 2.30. The van der Waals surface area contributed by atoms with E-state index in [-0.39, 0.29) is 16.8 Å². The maximum Gasteiger partial charge on any atom is 0.391 e. The molecule has 0 radical (unpaired) electrons.